The third-order valence-corrected chi connectivity index (χ3v) is 1.59. The lowest BCUT2D eigenvalue weighted by molar-refractivity contribution is -0.00534. The Kier molecular flexibility index (Phi) is 18.6. The van der Waals surface area contributed by atoms with Crippen LogP contribution in [0.25, 0.3) is 0 Å². The molecule has 0 aromatic carbocycles. The van der Waals surface area contributed by atoms with E-state index in [2.05, 4.69) is 0 Å². The Morgan fingerprint density at radius 1 is 0.933 bits per heavy atom. The van der Waals surface area contributed by atoms with Crippen molar-refractivity contribution in [2.75, 3.05) is 54.9 Å². The van der Waals surface area contributed by atoms with Gasteiger partial charge in [0.05, 0.1) is 13.2 Å². The van der Waals surface area contributed by atoms with Gasteiger partial charge in [-0.05, 0) is 6.42 Å². The van der Waals surface area contributed by atoms with E-state index < -0.39 is 0 Å². The van der Waals surface area contributed by atoms with Crippen molar-refractivity contribution in [3.05, 3.63) is 0 Å². The first-order valence-corrected chi connectivity index (χ1v) is 4.87. The van der Waals surface area contributed by atoms with Crippen LogP contribution in [0.15, 0.2) is 0 Å². The van der Waals surface area contributed by atoms with Crippen LogP contribution in [0.3, 0.4) is 0 Å². The van der Waals surface area contributed by atoms with Crippen molar-refractivity contribution in [3.63, 3.8) is 0 Å². The quantitative estimate of drug-likeness (QED) is 0.601. The summed E-state index contributed by atoms with van der Waals surface area (Å²) in [5.74, 6) is 0. The second-order valence-corrected chi connectivity index (χ2v) is 2.83. The molecule has 1 atom stereocenters. The van der Waals surface area contributed by atoms with Crippen LogP contribution in [0.1, 0.15) is 6.42 Å². The zero-order valence-corrected chi connectivity index (χ0v) is 10.2. The molecule has 5 nitrogen and oxygen atoms in total. The zero-order chi connectivity index (χ0) is 11.9. The van der Waals surface area contributed by atoms with Crippen molar-refractivity contribution in [1.82, 2.24) is 0 Å². The van der Waals surface area contributed by atoms with E-state index in [1.165, 1.54) is 0 Å². The van der Waals surface area contributed by atoms with Gasteiger partial charge < -0.3 is 24.1 Å². The summed E-state index contributed by atoms with van der Waals surface area (Å²) in [5, 5.41) is 8.45. The van der Waals surface area contributed by atoms with E-state index in [1.807, 2.05) is 0 Å². The Balaban J connectivity index is 0. The fraction of sp³-hybridized carbons (Fsp3) is 1.00. The van der Waals surface area contributed by atoms with Crippen LogP contribution < -0.4 is 0 Å². The first kappa shape index (κ1) is 17.2. The molecule has 0 saturated carbocycles. The summed E-state index contributed by atoms with van der Waals surface area (Å²) in [6, 6.07) is 0. The van der Waals surface area contributed by atoms with Gasteiger partial charge >= 0.3 is 0 Å². The highest BCUT2D eigenvalue weighted by molar-refractivity contribution is 4.49. The van der Waals surface area contributed by atoms with Gasteiger partial charge in [0.25, 0.3) is 0 Å². The Bertz CT molecular complexity index is 91.8. The van der Waals surface area contributed by atoms with Crippen molar-refractivity contribution in [1.29, 1.82) is 0 Å². The Morgan fingerprint density at radius 3 is 1.67 bits per heavy atom. The predicted octanol–water partition coefficient (Wildman–Crippen LogP) is 0.309. The summed E-state index contributed by atoms with van der Waals surface area (Å²) in [5.41, 5.74) is 0. The van der Waals surface area contributed by atoms with Crippen LogP contribution in [0, 0.1) is 0 Å². The molecule has 0 aromatic rings. The van der Waals surface area contributed by atoms with E-state index in [-0.39, 0.29) is 12.7 Å². The molecule has 0 aromatic heterocycles. The van der Waals surface area contributed by atoms with Gasteiger partial charge in [-0.1, -0.05) is 0 Å². The molecule has 0 amide bonds. The molecule has 0 rings (SSSR count). The molecule has 0 bridgehead atoms. The van der Waals surface area contributed by atoms with Gasteiger partial charge in [0.15, 0.2) is 0 Å². The standard InChI is InChI=1S/C5H12O3.C5H12O2/c1-7-4-5(3-6)8-2;1-6-4-3-5-7-2/h5-6H,3-4H2,1-2H3;3-5H2,1-2H3. The second kappa shape index (κ2) is 16.2. The summed E-state index contributed by atoms with van der Waals surface area (Å²) in [6.07, 6.45) is 0.826. The lowest BCUT2D eigenvalue weighted by Crippen LogP contribution is -2.21. The maximum atomic E-state index is 8.45. The summed E-state index contributed by atoms with van der Waals surface area (Å²) in [6.45, 7) is 2.07. The number of aliphatic hydroxyl groups excluding tert-OH is 1. The monoisotopic (exact) mass is 224 g/mol. The largest absolute Gasteiger partial charge is 0.394 e. The first-order chi connectivity index (χ1) is 7.26. The van der Waals surface area contributed by atoms with E-state index in [0.29, 0.717) is 6.61 Å². The average molecular weight is 224 g/mol. The predicted molar refractivity (Wildman–Crippen MR) is 58.1 cm³/mol. The fourth-order valence-corrected chi connectivity index (χ4v) is 0.729. The lowest BCUT2D eigenvalue weighted by Gasteiger charge is -2.08. The molecular weight excluding hydrogens is 200 g/mol. The normalized spacial score (nSPS) is 11.8. The molecule has 15 heavy (non-hydrogen) atoms. The average Bonchev–Trinajstić information content (AvgIpc) is 2.27. The maximum absolute atomic E-state index is 8.45. The summed E-state index contributed by atoms with van der Waals surface area (Å²) in [4.78, 5) is 0. The van der Waals surface area contributed by atoms with Gasteiger partial charge in [0, 0.05) is 41.7 Å². The highest BCUT2D eigenvalue weighted by Gasteiger charge is 2.01. The molecule has 5 heteroatoms. The van der Waals surface area contributed by atoms with Gasteiger partial charge in [0.2, 0.25) is 0 Å². The van der Waals surface area contributed by atoms with E-state index in [4.69, 9.17) is 24.1 Å². The lowest BCUT2D eigenvalue weighted by atomic mass is 10.4. The van der Waals surface area contributed by atoms with E-state index >= 15 is 0 Å². The van der Waals surface area contributed by atoms with Crippen molar-refractivity contribution < 1.29 is 24.1 Å². The van der Waals surface area contributed by atoms with E-state index in [0.717, 1.165) is 19.6 Å². The SMILES string of the molecule is COCC(CO)OC.COCCCOC. The number of aliphatic hydroxyl groups is 1. The van der Waals surface area contributed by atoms with Crippen molar-refractivity contribution >= 4 is 0 Å². The highest BCUT2D eigenvalue weighted by atomic mass is 16.5. The zero-order valence-electron chi connectivity index (χ0n) is 10.2. The molecule has 0 fully saturated rings. The molecule has 0 aliphatic carbocycles. The van der Waals surface area contributed by atoms with Crippen LogP contribution in [0.4, 0.5) is 0 Å². The van der Waals surface area contributed by atoms with Crippen LogP contribution in [0.5, 0.6) is 0 Å². The van der Waals surface area contributed by atoms with Gasteiger partial charge in [-0.3, -0.25) is 0 Å². The molecule has 0 saturated heterocycles. The molecule has 0 heterocycles. The van der Waals surface area contributed by atoms with Crippen molar-refractivity contribution in [3.8, 4) is 0 Å². The summed E-state index contributed by atoms with van der Waals surface area (Å²) in [7, 11) is 6.49. The summed E-state index contributed by atoms with van der Waals surface area (Å²) >= 11 is 0. The van der Waals surface area contributed by atoms with E-state index in [1.54, 1.807) is 28.4 Å². The maximum Gasteiger partial charge on any atom is 0.103 e. The molecule has 1 N–H and O–H groups in total. The molecular formula is C10H24O5. The topological polar surface area (TPSA) is 57.2 Å². The van der Waals surface area contributed by atoms with E-state index in [9.17, 15) is 0 Å². The summed E-state index contributed by atoms with van der Waals surface area (Å²) < 4.78 is 19.0. The van der Waals surface area contributed by atoms with Gasteiger partial charge in [-0.2, -0.15) is 0 Å². The van der Waals surface area contributed by atoms with Crippen molar-refractivity contribution in [2.24, 2.45) is 0 Å². The minimum Gasteiger partial charge on any atom is -0.394 e. The van der Waals surface area contributed by atoms with Gasteiger partial charge in [0.1, 0.15) is 6.10 Å². The second-order valence-electron chi connectivity index (χ2n) is 2.83. The molecule has 1 unspecified atom stereocenters. The number of hydrogen-bond donors (Lipinski definition) is 1. The first-order valence-electron chi connectivity index (χ1n) is 4.87. The minimum atomic E-state index is -0.167. The third-order valence-electron chi connectivity index (χ3n) is 1.59. The number of methoxy groups -OCH3 is 4. The van der Waals surface area contributed by atoms with Gasteiger partial charge in [-0.25, -0.2) is 0 Å². The van der Waals surface area contributed by atoms with Crippen LogP contribution in [-0.2, 0) is 18.9 Å². The van der Waals surface area contributed by atoms with Crippen LogP contribution in [-0.4, -0.2) is 66.1 Å². The van der Waals surface area contributed by atoms with Gasteiger partial charge in [-0.15, -0.1) is 0 Å². The fourth-order valence-electron chi connectivity index (χ4n) is 0.729. The Morgan fingerprint density at radius 2 is 1.47 bits per heavy atom. The highest BCUT2D eigenvalue weighted by Crippen LogP contribution is 1.86. The Hall–Kier alpha value is -0.200. The third kappa shape index (κ3) is 16.5. The molecule has 0 aliphatic rings. The minimum absolute atomic E-state index is 0.0182. The number of rotatable bonds is 8. The Labute approximate surface area is 92.3 Å². The molecule has 0 aliphatic heterocycles. The van der Waals surface area contributed by atoms with Crippen LogP contribution >= 0.6 is 0 Å². The van der Waals surface area contributed by atoms with Crippen molar-refractivity contribution in [2.45, 2.75) is 12.5 Å². The smallest absolute Gasteiger partial charge is 0.103 e. The number of ether oxygens (including phenoxy) is 4. The number of hydrogen-bond acceptors (Lipinski definition) is 5. The van der Waals surface area contributed by atoms with Crippen LogP contribution in [0.2, 0.25) is 0 Å². The molecule has 94 valence electrons. The molecule has 0 radical (unpaired) electrons. The molecule has 0 spiro atoms.